The van der Waals surface area contributed by atoms with Gasteiger partial charge in [0.2, 0.25) is 0 Å². The van der Waals surface area contributed by atoms with Crippen molar-refractivity contribution < 1.29 is 14.6 Å². The Labute approximate surface area is 108 Å². The van der Waals surface area contributed by atoms with Gasteiger partial charge in [-0.1, -0.05) is 6.92 Å². The van der Waals surface area contributed by atoms with E-state index in [9.17, 15) is 4.79 Å². The highest BCUT2D eigenvalue weighted by atomic mass is 16.5. The van der Waals surface area contributed by atoms with Crippen molar-refractivity contribution in [3.8, 4) is 5.75 Å². The molecule has 0 aliphatic rings. The number of aryl methyl sites for hydroxylation is 2. The fourth-order valence-corrected chi connectivity index (χ4v) is 2.04. The first-order valence-corrected chi connectivity index (χ1v) is 6.05. The maximum atomic E-state index is 10.6. The molecule has 0 saturated carbocycles. The normalized spacial score (nSPS) is 12.0. The van der Waals surface area contributed by atoms with Crippen LogP contribution in [0.2, 0.25) is 0 Å². The summed E-state index contributed by atoms with van der Waals surface area (Å²) in [6.45, 7) is 6.57. The Morgan fingerprint density at radius 3 is 2.39 bits per heavy atom. The van der Waals surface area contributed by atoms with Crippen molar-refractivity contribution >= 4 is 11.7 Å². The van der Waals surface area contributed by atoms with Crippen molar-refractivity contribution in [3.05, 3.63) is 23.3 Å². The molecule has 2 N–H and O–H groups in total. The summed E-state index contributed by atoms with van der Waals surface area (Å²) < 4.78 is 5.30. The van der Waals surface area contributed by atoms with Crippen molar-refractivity contribution in [3.63, 3.8) is 0 Å². The highest BCUT2D eigenvalue weighted by Gasteiger charge is 2.09. The third-order valence-electron chi connectivity index (χ3n) is 2.84. The van der Waals surface area contributed by atoms with Gasteiger partial charge in [0.05, 0.1) is 7.11 Å². The summed E-state index contributed by atoms with van der Waals surface area (Å²) in [7, 11) is 1.66. The third kappa shape index (κ3) is 3.95. The number of carboxylic acid groups (broad SMARTS) is 1. The van der Waals surface area contributed by atoms with Crippen molar-refractivity contribution in [1.29, 1.82) is 0 Å². The van der Waals surface area contributed by atoms with Crippen LogP contribution in [0.15, 0.2) is 12.1 Å². The van der Waals surface area contributed by atoms with Crippen LogP contribution in [-0.4, -0.2) is 24.7 Å². The minimum absolute atomic E-state index is 0.102. The van der Waals surface area contributed by atoms with E-state index in [-0.39, 0.29) is 12.3 Å². The topological polar surface area (TPSA) is 58.6 Å². The van der Waals surface area contributed by atoms with Crippen LogP contribution in [0, 0.1) is 19.8 Å². The molecule has 0 spiro atoms. The first kappa shape index (κ1) is 14.4. The Balaban J connectivity index is 2.66. The molecule has 0 heterocycles. The number of methoxy groups -OCH3 is 1. The van der Waals surface area contributed by atoms with E-state index in [2.05, 4.69) is 5.32 Å². The zero-order chi connectivity index (χ0) is 13.7. The van der Waals surface area contributed by atoms with Crippen molar-refractivity contribution in [2.75, 3.05) is 19.0 Å². The number of benzene rings is 1. The Morgan fingerprint density at radius 2 is 1.94 bits per heavy atom. The molecule has 0 aromatic heterocycles. The molecule has 0 amide bonds. The van der Waals surface area contributed by atoms with E-state index >= 15 is 0 Å². The van der Waals surface area contributed by atoms with Gasteiger partial charge >= 0.3 is 5.97 Å². The lowest BCUT2D eigenvalue weighted by Crippen LogP contribution is -2.15. The molecule has 4 heteroatoms. The highest BCUT2D eigenvalue weighted by molar-refractivity contribution is 5.67. The molecule has 18 heavy (non-hydrogen) atoms. The van der Waals surface area contributed by atoms with E-state index in [1.165, 1.54) is 0 Å². The molecule has 1 atom stereocenters. The summed E-state index contributed by atoms with van der Waals surface area (Å²) in [5.74, 6) is 0.246. The fraction of sp³-hybridized carbons (Fsp3) is 0.500. The Kier molecular flexibility index (Phi) is 5.01. The lowest BCUT2D eigenvalue weighted by Gasteiger charge is -2.15. The van der Waals surface area contributed by atoms with Gasteiger partial charge < -0.3 is 15.2 Å². The predicted molar refractivity (Wildman–Crippen MR) is 72.4 cm³/mol. The van der Waals surface area contributed by atoms with Gasteiger partial charge in [0.25, 0.3) is 0 Å². The van der Waals surface area contributed by atoms with Gasteiger partial charge in [-0.2, -0.15) is 0 Å². The van der Waals surface area contributed by atoms with Crippen LogP contribution >= 0.6 is 0 Å². The zero-order valence-electron chi connectivity index (χ0n) is 11.4. The Bertz CT molecular complexity index is 406. The molecule has 0 aliphatic carbocycles. The largest absolute Gasteiger partial charge is 0.496 e. The molecule has 0 fully saturated rings. The van der Waals surface area contributed by atoms with Crippen LogP contribution in [0.5, 0.6) is 5.75 Å². The second-order valence-electron chi connectivity index (χ2n) is 4.73. The summed E-state index contributed by atoms with van der Waals surface area (Å²) in [6.07, 6.45) is 0.182. The molecule has 0 radical (unpaired) electrons. The van der Waals surface area contributed by atoms with Crippen LogP contribution in [-0.2, 0) is 4.79 Å². The Hall–Kier alpha value is -1.71. The summed E-state index contributed by atoms with van der Waals surface area (Å²) in [5.41, 5.74) is 3.15. The summed E-state index contributed by atoms with van der Waals surface area (Å²) in [6, 6.07) is 4.03. The number of anilines is 1. The smallest absolute Gasteiger partial charge is 0.303 e. The van der Waals surface area contributed by atoms with Crippen molar-refractivity contribution in [2.24, 2.45) is 5.92 Å². The first-order valence-electron chi connectivity index (χ1n) is 6.05. The molecular weight excluding hydrogens is 230 g/mol. The fourth-order valence-electron chi connectivity index (χ4n) is 2.04. The van der Waals surface area contributed by atoms with E-state index < -0.39 is 5.97 Å². The lowest BCUT2D eigenvalue weighted by atomic mass is 10.1. The number of carbonyl (C=O) groups is 1. The molecule has 0 saturated heterocycles. The van der Waals surface area contributed by atoms with E-state index in [1.54, 1.807) is 7.11 Å². The van der Waals surface area contributed by atoms with Crippen LogP contribution < -0.4 is 10.1 Å². The van der Waals surface area contributed by atoms with Gasteiger partial charge in [0, 0.05) is 18.7 Å². The van der Waals surface area contributed by atoms with Gasteiger partial charge in [0.1, 0.15) is 5.75 Å². The molecule has 1 aromatic rings. The lowest BCUT2D eigenvalue weighted by molar-refractivity contribution is -0.137. The van der Waals surface area contributed by atoms with Crippen LogP contribution in [0.4, 0.5) is 5.69 Å². The molecule has 1 rings (SSSR count). The third-order valence-corrected chi connectivity index (χ3v) is 2.84. The van der Waals surface area contributed by atoms with Gasteiger partial charge in [-0.3, -0.25) is 4.79 Å². The summed E-state index contributed by atoms with van der Waals surface area (Å²) in [5, 5.41) is 12.0. The van der Waals surface area contributed by atoms with Gasteiger partial charge in [-0.05, 0) is 43.0 Å². The van der Waals surface area contributed by atoms with Gasteiger partial charge in [-0.15, -0.1) is 0 Å². The molecule has 1 unspecified atom stereocenters. The number of carboxylic acids is 1. The van der Waals surface area contributed by atoms with Gasteiger partial charge in [-0.25, -0.2) is 0 Å². The van der Waals surface area contributed by atoms with E-state index in [0.717, 1.165) is 22.6 Å². The number of nitrogens with one attached hydrogen (secondary N) is 1. The summed E-state index contributed by atoms with van der Waals surface area (Å²) >= 11 is 0. The van der Waals surface area contributed by atoms with Gasteiger partial charge in [0.15, 0.2) is 0 Å². The molecule has 0 bridgehead atoms. The number of hydrogen-bond donors (Lipinski definition) is 2. The number of rotatable bonds is 6. The maximum Gasteiger partial charge on any atom is 0.303 e. The molecule has 1 aromatic carbocycles. The predicted octanol–water partition coefficient (Wildman–Crippen LogP) is 2.83. The minimum atomic E-state index is -0.758. The average Bonchev–Trinajstić information content (AvgIpc) is 2.25. The molecule has 4 nitrogen and oxygen atoms in total. The average molecular weight is 251 g/mol. The van der Waals surface area contributed by atoms with Crippen LogP contribution in [0.1, 0.15) is 24.5 Å². The molecular formula is C14H21NO3. The van der Waals surface area contributed by atoms with E-state index in [4.69, 9.17) is 9.84 Å². The van der Waals surface area contributed by atoms with Crippen LogP contribution in [0.3, 0.4) is 0 Å². The number of aliphatic carboxylic acids is 1. The Morgan fingerprint density at radius 1 is 1.39 bits per heavy atom. The van der Waals surface area contributed by atoms with E-state index in [1.807, 2.05) is 32.9 Å². The summed E-state index contributed by atoms with van der Waals surface area (Å²) in [4.78, 5) is 10.6. The first-order chi connectivity index (χ1) is 8.43. The second-order valence-corrected chi connectivity index (χ2v) is 4.73. The zero-order valence-corrected chi connectivity index (χ0v) is 11.4. The maximum absolute atomic E-state index is 10.6. The number of hydrogen-bond acceptors (Lipinski definition) is 3. The minimum Gasteiger partial charge on any atom is -0.496 e. The van der Waals surface area contributed by atoms with Crippen molar-refractivity contribution in [2.45, 2.75) is 27.2 Å². The second kappa shape index (κ2) is 6.28. The SMILES string of the molecule is COc1c(C)cc(NCC(C)CC(=O)O)cc1C. The standard InChI is InChI=1S/C14H21NO3/c1-9(5-13(16)17)8-15-12-6-10(2)14(18-4)11(3)7-12/h6-7,9,15H,5,8H2,1-4H3,(H,16,17). The highest BCUT2D eigenvalue weighted by Crippen LogP contribution is 2.26. The number of ether oxygens (including phenoxy) is 1. The van der Waals surface area contributed by atoms with E-state index in [0.29, 0.717) is 6.54 Å². The molecule has 100 valence electrons. The monoisotopic (exact) mass is 251 g/mol. The van der Waals surface area contributed by atoms with Crippen LogP contribution in [0.25, 0.3) is 0 Å². The quantitative estimate of drug-likeness (QED) is 0.816. The van der Waals surface area contributed by atoms with Crippen molar-refractivity contribution in [1.82, 2.24) is 0 Å². The molecule has 0 aliphatic heterocycles.